The lowest BCUT2D eigenvalue weighted by molar-refractivity contribution is -0.215. The van der Waals surface area contributed by atoms with Gasteiger partial charge < -0.3 is 24.4 Å². The molecule has 2 aliphatic heterocycles. The van der Waals surface area contributed by atoms with E-state index in [0.717, 1.165) is 12.8 Å². The van der Waals surface area contributed by atoms with Gasteiger partial charge in [-0.15, -0.1) is 0 Å². The van der Waals surface area contributed by atoms with Crippen LogP contribution in [0.1, 0.15) is 38.5 Å². The van der Waals surface area contributed by atoms with Crippen molar-refractivity contribution in [1.82, 2.24) is 9.80 Å². The summed E-state index contributed by atoms with van der Waals surface area (Å²) in [5, 5.41) is 8.79. The van der Waals surface area contributed by atoms with Gasteiger partial charge in [-0.1, -0.05) is 0 Å². The van der Waals surface area contributed by atoms with E-state index in [9.17, 15) is 22.8 Å². The van der Waals surface area contributed by atoms with Gasteiger partial charge in [0.1, 0.15) is 0 Å². The molecule has 0 aromatic carbocycles. The summed E-state index contributed by atoms with van der Waals surface area (Å²) >= 11 is 0. The molecule has 3 fully saturated rings. The SMILES string of the molecule is CN(C(=O)CC1CC1)[C@H]1COC2(CCN(C(=O)O[C@H](CO)C(F)(F)F)CC2)C1. The second-order valence-electron chi connectivity index (χ2n) is 8.09. The Morgan fingerprint density at radius 3 is 2.50 bits per heavy atom. The molecule has 0 bridgehead atoms. The summed E-state index contributed by atoms with van der Waals surface area (Å²) in [5.41, 5.74) is -0.462. The highest BCUT2D eigenvalue weighted by Crippen LogP contribution is 2.39. The van der Waals surface area contributed by atoms with Gasteiger partial charge >= 0.3 is 12.3 Å². The Bertz CT molecular complexity index is 588. The van der Waals surface area contributed by atoms with Crippen LogP contribution in [-0.2, 0) is 14.3 Å². The molecule has 3 rings (SSSR count). The van der Waals surface area contributed by atoms with Gasteiger partial charge in [-0.2, -0.15) is 13.2 Å². The first-order valence-electron chi connectivity index (χ1n) is 9.66. The first-order valence-corrected chi connectivity index (χ1v) is 9.66. The van der Waals surface area contributed by atoms with Crippen molar-refractivity contribution in [3.8, 4) is 0 Å². The molecule has 2 atom stereocenters. The van der Waals surface area contributed by atoms with Gasteiger partial charge in [-0.3, -0.25) is 4.79 Å². The van der Waals surface area contributed by atoms with Crippen LogP contribution in [0, 0.1) is 5.92 Å². The fourth-order valence-corrected chi connectivity index (χ4v) is 3.83. The number of likely N-dealkylation sites (tertiary alicyclic amines) is 1. The molecule has 10 heteroatoms. The topological polar surface area (TPSA) is 79.3 Å². The predicted octanol–water partition coefficient (Wildman–Crippen LogP) is 1.93. The van der Waals surface area contributed by atoms with Crippen LogP contribution >= 0.6 is 0 Å². The summed E-state index contributed by atoms with van der Waals surface area (Å²) in [6, 6.07) is -0.0197. The summed E-state index contributed by atoms with van der Waals surface area (Å²) in [4.78, 5) is 27.2. The Hall–Kier alpha value is -1.55. The summed E-state index contributed by atoms with van der Waals surface area (Å²) in [6.45, 7) is -0.459. The van der Waals surface area contributed by atoms with E-state index in [1.54, 1.807) is 11.9 Å². The predicted molar refractivity (Wildman–Crippen MR) is 91.4 cm³/mol. The molecule has 1 aliphatic carbocycles. The molecule has 0 aromatic rings. The minimum Gasteiger partial charge on any atom is -0.434 e. The number of carbonyl (C=O) groups is 2. The molecule has 3 aliphatic rings. The average molecular weight is 408 g/mol. The summed E-state index contributed by atoms with van der Waals surface area (Å²) < 4.78 is 48.3. The number of hydrogen-bond acceptors (Lipinski definition) is 5. The van der Waals surface area contributed by atoms with E-state index in [2.05, 4.69) is 4.74 Å². The van der Waals surface area contributed by atoms with Gasteiger partial charge in [0.2, 0.25) is 12.0 Å². The fraction of sp³-hybridized carbons (Fsp3) is 0.889. The van der Waals surface area contributed by atoms with Gasteiger partial charge in [0, 0.05) is 26.6 Å². The number of ether oxygens (including phenoxy) is 2. The van der Waals surface area contributed by atoms with Crippen LogP contribution in [-0.4, -0.2) is 84.2 Å². The number of carbonyl (C=O) groups excluding carboxylic acids is 2. The van der Waals surface area contributed by atoms with E-state index in [1.807, 2.05) is 0 Å². The first-order chi connectivity index (χ1) is 13.1. The smallest absolute Gasteiger partial charge is 0.427 e. The van der Waals surface area contributed by atoms with Crippen molar-refractivity contribution in [2.45, 2.75) is 62.4 Å². The minimum atomic E-state index is -4.80. The molecule has 0 unspecified atom stereocenters. The highest BCUT2D eigenvalue weighted by atomic mass is 19.4. The lowest BCUT2D eigenvalue weighted by Gasteiger charge is -2.38. The number of aliphatic hydroxyl groups is 1. The number of hydrogen-bond donors (Lipinski definition) is 1. The number of rotatable bonds is 5. The second-order valence-corrected chi connectivity index (χ2v) is 8.09. The Kier molecular flexibility index (Phi) is 6.09. The van der Waals surface area contributed by atoms with Gasteiger partial charge in [-0.05, 0) is 38.0 Å². The molecular weight excluding hydrogens is 381 g/mol. The van der Waals surface area contributed by atoms with Crippen LogP contribution in [0.15, 0.2) is 0 Å². The van der Waals surface area contributed by atoms with Crippen LogP contribution in [0.3, 0.4) is 0 Å². The molecule has 1 N–H and O–H groups in total. The van der Waals surface area contributed by atoms with Crippen molar-refractivity contribution in [2.24, 2.45) is 5.92 Å². The molecular formula is C18H27F3N2O5. The van der Waals surface area contributed by atoms with E-state index < -0.39 is 30.6 Å². The summed E-state index contributed by atoms with van der Waals surface area (Å²) in [6.07, 6.45) is -4.01. The van der Waals surface area contributed by atoms with Crippen molar-refractivity contribution < 1.29 is 37.3 Å². The summed E-state index contributed by atoms with van der Waals surface area (Å²) in [5.74, 6) is 0.635. The van der Waals surface area contributed by atoms with E-state index in [0.29, 0.717) is 38.2 Å². The maximum atomic E-state index is 12.6. The average Bonchev–Trinajstić information content (AvgIpc) is 3.37. The van der Waals surface area contributed by atoms with Crippen molar-refractivity contribution in [2.75, 3.05) is 33.4 Å². The van der Waals surface area contributed by atoms with Gasteiger partial charge in [0.25, 0.3) is 0 Å². The molecule has 1 spiro atoms. The number of halogens is 3. The lowest BCUT2D eigenvalue weighted by Crippen LogP contribution is -2.49. The van der Waals surface area contributed by atoms with Gasteiger partial charge in [0.15, 0.2) is 0 Å². The Balaban J connectivity index is 1.48. The number of piperidine rings is 1. The molecule has 1 saturated carbocycles. The van der Waals surface area contributed by atoms with Crippen molar-refractivity contribution in [3.05, 3.63) is 0 Å². The molecule has 2 saturated heterocycles. The monoisotopic (exact) mass is 408 g/mol. The van der Waals surface area contributed by atoms with Crippen LogP contribution in [0.2, 0.25) is 0 Å². The lowest BCUT2D eigenvalue weighted by atomic mass is 9.87. The number of aliphatic hydroxyl groups excluding tert-OH is 1. The van der Waals surface area contributed by atoms with Crippen molar-refractivity contribution in [1.29, 1.82) is 0 Å². The first kappa shape index (κ1) is 21.2. The molecule has 0 radical (unpaired) electrons. The normalized spacial score (nSPS) is 25.6. The minimum absolute atomic E-state index is 0.0197. The van der Waals surface area contributed by atoms with E-state index in [-0.39, 0.29) is 25.0 Å². The molecule has 160 valence electrons. The van der Waals surface area contributed by atoms with Gasteiger partial charge in [-0.25, -0.2) is 4.79 Å². The highest BCUT2D eigenvalue weighted by Gasteiger charge is 2.47. The second kappa shape index (κ2) is 8.06. The molecule has 2 heterocycles. The van der Waals surface area contributed by atoms with Crippen LogP contribution in [0.25, 0.3) is 0 Å². The van der Waals surface area contributed by atoms with E-state index in [1.165, 1.54) is 4.90 Å². The zero-order valence-electron chi connectivity index (χ0n) is 15.9. The quantitative estimate of drug-likeness (QED) is 0.752. The maximum absolute atomic E-state index is 12.6. The van der Waals surface area contributed by atoms with Crippen molar-refractivity contribution in [3.63, 3.8) is 0 Å². The Morgan fingerprint density at radius 2 is 1.96 bits per heavy atom. The third-order valence-electron chi connectivity index (χ3n) is 6.00. The van der Waals surface area contributed by atoms with E-state index >= 15 is 0 Å². The van der Waals surface area contributed by atoms with Crippen LogP contribution < -0.4 is 0 Å². The maximum Gasteiger partial charge on any atom is 0.427 e. The highest BCUT2D eigenvalue weighted by molar-refractivity contribution is 5.76. The Morgan fingerprint density at radius 1 is 1.32 bits per heavy atom. The fourth-order valence-electron chi connectivity index (χ4n) is 3.83. The van der Waals surface area contributed by atoms with Crippen LogP contribution in [0.4, 0.5) is 18.0 Å². The number of likely N-dealkylation sites (N-methyl/N-ethyl adjacent to an activating group) is 1. The van der Waals surface area contributed by atoms with E-state index in [4.69, 9.17) is 9.84 Å². The van der Waals surface area contributed by atoms with Crippen LogP contribution in [0.5, 0.6) is 0 Å². The number of amides is 2. The molecule has 7 nitrogen and oxygen atoms in total. The Labute approximate surface area is 161 Å². The standard InChI is InChI=1S/C18H27F3N2O5/c1-22(15(25)8-12-2-3-12)13-9-17(27-11-13)4-6-23(7-5-17)16(26)28-14(10-24)18(19,20)21/h12-14,24H,2-11H2,1H3/t13-,14-/m1/s1. The zero-order valence-corrected chi connectivity index (χ0v) is 15.9. The molecule has 28 heavy (non-hydrogen) atoms. The van der Waals surface area contributed by atoms with Crippen molar-refractivity contribution >= 4 is 12.0 Å². The largest absolute Gasteiger partial charge is 0.434 e. The third kappa shape index (κ3) is 4.89. The number of nitrogens with zero attached hydrogens (tertiary/aromatic N) is 2. The summed E-state index contributed by atoms with van der Waals surface area (Å²) in [7, 11) is 1.79. The zero-order chi connectivity index (χ0) is 20.5. The number of alkyl halides is 3. The van der Waals surface area contributed by atoms with Gasteiger partial charge in [0.05, 0.1) is 24.9 Å². The molecule has 0 aromatic heterocycles. The molecule has 2 amide bonds. The third-order valence-corrected chi connectivity index (χ3v) is 6.00.